The number of hydrogen-bond donors (Lipinski definition) is 0. The molecule has 1 nitrogen and oxygen atoms in total. The third-order valence-electron chi connectivity index (χ3n) is 4.94. The summed E-state index contributed by atoms with van der Waals surface area (Å²) in [6.07, 6.45) is 4.42. The van der Waals surface area contributed by atoms with Crippen LogP contribution in [0.2, 0.25) is 5.02 Å². The summed E-state index contributed by atoms with van der Waals surface area (Å²) in [5.41, 5.74) is 0.657. The van der Waals surface area contributed by atoms with Crippen molar-refractivity contribution >= 4 is 11.6 Å². The van der Waals surface area contributed by atoms with Gasteiger partial charge in [-0.2, -0.15) is 5.26 Å². The van der Waals surface area contributed by atoms with Crippen LogP contribution in [0.3, 0.4) is 0 Å². The van der Waals surface area contributed by atoms with Crippen LogP contribution < -0.4 is 0 Å². The maximum absolute atomic E-state index is 13.4. The maximum atomic E-state index is 13.4. The molecule has 0 N–H and O–H groups in total. The molecule has 0 saturated heterocycles. The molecule has 0 unspecified atom stereocenters. The van der Waals surface area contributed by atoms with Crippen molar-refractivity contribution < 1.29 is 4.39 Å². The van der Waals surface area contributed by atoms with Crippen LogP contribution in [0.15, 0.2) is 18.2 Å². The molecule has 1 aliphatic rings. The fraction of sp³-hybridized carbons (Fsp3) is 0.611. The highest BCUT2D eigenvalue weighted by Crippen LogP contribution is 2.47. The predicted octanol–water partition coefficient (Wildman–Crippen LogP) is 5.77. The fourth-order valence-electron chi connectivity index (χ4n) is 3.41. The molecule has 1 saturated carbocycles. The first-order chi connectivity index (χ1) is 9.76. The van der Waals surface area contributed by atoms with E-state index >= 15 is 0 Å². The zero-order valence-corrected chi connectivity index (χ0v) is 13.8. The van der Waals surface area contributed by atoms with Gasteiger partial charge in [0.15, 0.2) is 0 Å². The molecular weight excluding hydrogens is 285 g/mol. The normalized spacial score (nSPS) is 26.4. The molecule has 1 aliphatic carbocycles. The van der Waals surface area contributed by atoms with E-state index < -0.39 is 0 Å². The van der Waals surface area contributed by atoms with Gasteiger partial charge in [-0.25, -0.2) is 4.39 Å². The van der Waals surface area contributed by atoms with E-state index in [9.17, 15) is 9.65 Å². The Morgan fingerprint density at radius 3 is 2.48 bits per heavy atom. The lowest BCUT2D eigenvalue weighted by Crippen LogP contribution is -2.33. The monoisotopic (exact) mass is 307 g/mol. The van der Waals surface area contributed by atoms with Gasteiger partial charge >= 0.3 is 0 Å². The summed E-state index contributed by atoms with van der Waals surface area (Å²) in [6, 6.07) is 6.92. The average Bonchev–Trinajstić information content (AvgIpc) is 2.42. The van der Waals surface area contributed by atoms with Gasteiger partial charge in [-0.3, -0.25) is 0 Å². The van der Waals surface area contributed by atoms with Crippen molar-refractivity contribution in [3.63, 3.8) is 0 Å². The van der Waals surface area contributed by atoms with E-state index in [1.165, 1.54) is 12.1 Å². The molecule has 1 fully saturated rings. The molecule has 0 aliphatic heterocycles. The molecule has 1 aromatic rings. The molecule has 0 spiro atoms. The average molecular weight is 308 g/mol. The van der Waals surface area contributed by atoms with Gasteiger partial charge in [-0.15, -0.1) is 0 Å². The van der Waals surface area contributed by atoms with Crippen LogP contribution in [-0.4, -0.2) is 0 Å². The van der Waals surface area contributed by atoms with Crippen molar-refractivity contribution in [1.82, 2.24) is 0 Å². The minimum absolute atomic E-state index is 0.286. The van der Waals surface area contributed by atoms with E-state index in [1.54, 1.807) is 6.07 Å². The molecule has 0 amide bonds. The van der Waals surface area contributed by atoms with Gasteiger partial charge in [-0.1, -0.05) is 32.4 Å². The Labute approximate surface area is 132 Å². The van der Waals surface area contributed by atoms with E-state index in [-0.39, 0.29) is 16.6 Å². The minimum atomic E-state index is -0.390. The number of halogens is 2. The molecule has 0 radical (unpaired) electrons. The number of hydrogen-bond acceptors (Lipinski definition) is 1. The number of benzene rings is 1. The summed E-state index contributed by atoms with van der Waals surface area (Å²) in [5, 5.41) is 10.2. The van der Waals surface area contributed by atoms with Gasteiger partial charge in [0.2, 0.25) is 0 Å². The number of nitrogens with zero attached hydrogens (tertiary/aromatic N) is 1. The van der Waals surface area contributed by atoms with Crippen molar-refractivity contribution in [2.75, 3.05) is 0 Å². The Bertz CT molecular complexity index is 545. The molecule has 21 heavy (non-hydrogen) atoms. The smallest absolute Gasteiger partial charge is 0.123 e. The second-order valence-corrected chi connectivity index (χ2v) is 7.85. The number of rotatable bonds is 2. The highest BCUT2D eigenvalue weighted by molar-refractivity contribution is 6.31. The van der Waals surface area contributed by atoms with E-state index in [0.717, 1.165) is 31.2 Å². The summed E-state index contributed by atoms with van der Waals surface area (Å²) >= 11 is 6.16. The van der Waals surface area contributed by atoms with Crippen LogP contribution in [0.1, 0.15) is 52.0 Å². The molecule has 0 atom stereocenters. The van der Waals surface area contributed by atoms with Gasteiger partial charge in [0.05, 0.1) is 11.5 Å². The van der Waals surface area contributed by atoms with Crippen LogP contribution in [0.25, 0.3) is 0 Å². The van der Waals surface area contributed by atoms with Crippen molar-refractivity contribution in [3.05, 3.63) is 34.6 Å². The molecular formula is C18H23ClFN. The number of nitriles is 1. The lowest BCUT2D eigenvalue weighted by atomic mass is 9.63. The Morgan fingerprint density at radius 1 is 1.33 bits per heavy atom. The summed E-state index contributed by atoms with van der Waals surface area (Å²) in [6.45, 7) is 6.79. The lowest BCUT2D eigenvalue weighted by Gasteiger charge is -2.40. The first-order valence-corrected chi connectivity index (χ1v) is 7.99. The van der Waals surface area contributed by atoms with Crippen molar-refractivity contribution in [1.29, 1.82) is 5.26 Å². The molecule has 0 aromatic heterocycles. The molecule has 0 bridgehead atoms. The first kappa shape index (κ1) is 16.3. The van der Waals surface area contributed by atoms with Crippen LogP contribution >= 0.6 is 11.6 Å². The van der Waals surface area contributed by atoms with Crippen LogP contribution in [0.5, 0.6) is 0 Å². The second kappa shape index (κ2) is 5.97. The van der Waals surface area contributed by atoms with Crippen LogP contribution in [-0.2, 0) is 6.42 Å². The molecule has 2 rings (SSSR count). The summed E-state index contributed by atoms with van der Waals surface area (Å²) < 4.78 is 13.4. The predicted molar refractivity (Wildman–Crippen MR) is 84.6 cm³/mol. The van der Waals surface area contributed by atoms with Crippen LogP contribution in [0.4, 0.5) is 4.39 Å². The standard InChI is InChI=1S/C18H23ClFN/c1-17(2,3)14-6-8-18(12-21,9-7-14)11-13-10-15(20)4-5-16(13)19/h4-5,10,14H,6-9,11H2,1-3H3. The Kier molecular flexibility index (Phi) is 4.63. The SMILES string of the molecule is CC(C)(C)C1CCC(C#N)(Cc2cc(F)ccc2Cl)CC1. The van der Waals surface area contributed by atoms with Gasteiger partial charge in [0.25, 0.3) is 0 Å². The fourth-order valence-corrected chi connectivity index (χ4v) is 3.59. The highest BCUT2D eigenvalue weighted by Gasteiger charge is 2.39. The lowest BCUT2D eigenvalue weighted by molar-refractivity contribution is 0.120. The Morgan fingerprint density at radius 2 is 1.95 bits per heavy atom. The van der Waals surface area contributed by atoms with E-state index in [4.69, 9.17) is 11.6 Å². The highest BCUT2D eigenvalue weighted by atomic mass is 35.5. The second-order valence-electron chi connectivity index (χ2n) is 7.44. The minimum Gasteiger partial charge on any atom is -0.207 e. The maximum Gasteiger partial charge on any atom is 0.123 e. The van der Waals surface area contributed by atoms with Gasteiger partial charge in [0.1, 0.15) is 5.82 Å². The summed E-state index contributed by atoms with van der Waals surface area (Å²) in [7, 11) is 0. The van der Waals surface area contributed by atoms with Gasteiger partial charge in [0, 0.05) is 5.02 Å². The Balaban J connectivity index is 2.14. The Hall–Kier alpha value is -1.07. The van der Waals surface area contributed by atoms with Crippen LogP contribution in [0, 0.1) is 33.9 Å². The first-order valence-electron chi connectivity index (χ1n) is 7.61. The third kappa shape index (κ3) is 3.77. The third-order valence-corrected chi connectivity index (χ3v) is 5.31. The summed E-state index contributed by atoms with van der Waals surface area (Å²) in [4.78, 5) is 0. The van der Waals surface area contributed by atoms with Gasteiger partial charge in [-0.05, 0) is 67.2 Å². The zero-order valence-electron chi connectivity index (χ0n) is 13.0. The van der Waals surface area contributed by atoms with Gasteiger partial charge < -0.3 is 0 Å². The quantitative estimate of drug-likeness (QED) is 0.680. The topological polar surface area (TPSA) is 23.8 Å². The van der Waals surface area contributed by atoms with Crippen molar-refractivity contribution in [2.24, 2.45) is 16.7 Å². The summed E-state index contributed by atoms with van der Waals surface area (Å²) in [5.74, 6) is 0.368. The van der Waals surface area contributed by atoms with E-state index in [2.05, 4.69) is 26.8 Å². The molecule has 0 heterocycles. The zero-order chi connectivity index (χ0) is 15.7. The van der Waals surface area contributed by atoms with E-state index in [0.29, 0.717) is 17.4 Å². The molecule has 1 aromatic carbocycles. The van der Waals surface area contributed by atoms with Crippen molar-refractivity contribution in [3.8, 4) is 6.07 Å². The van der Waals surface area contributed by atoms with Crippen molar-refractivity contribution in [2.45, 2.75) is 52.9 Å². The largest absolute Gasteiger partial charge is 0.207 e. The molecule has 3 heteroatoms. The van der Waals surface area contributed by atoms with E-state index in [1.807, 2.05) is 0 Å². The molecule has 114 valence electrons.